The van der Waals surface area contributed by atoms with Crippen molar-refractivity contribution < 1.29 is 14.3 Å². The molecule has 1 fully saturated rings. The molecule has 2 aromatic carbocycles. The maximum absolute atomic E-state index is 13.3. The lowest BCUT2D eigenvalue weighted by molar-refractivity contribution is 0.0298. The summed E-state index contributed by atoms with van der Waals surface area (Å²) in [6, 6.07) is 16.3. The van der Waals surface area contributed by atoms with Gasteiger partial charge in [0.25, 0.3) is 5.91 Å². The highest BCUT2D eigenvalue weighted by Gasteiger charge is 2.31. The first kappa shape index (κ1) is 19.2. The summed E-state index contributed by atoms with van der Waals surface area (Å²) in [5, 5.41) is 4.85. The first-order valence-corrected chi connectivity index (χ1v) is 11.0. The lowest BCUT2D eigenvalue weighted by atomic mass is 10.0. The number of benzene rings is 2. The molecule has 3 aromatic rings. The summed E-state index contributed by atoms with van der Waals surface area (Å²) in [4.78, 5) is 16.4. The van der Waals surface area contributed by atoms with Gasteiger partial charge in [-0.3, -0.25) is 9.48 Å². The molecular formula is C23H23N3O3S. The van der Waals surface area contributed by atoms with Gasteiger partial charge < -0.3 is 14.4 Å². The monoisotopic (exact) mass is 421 g/mol. The van der Waals surface area contributed by atoms with Gasteiger partial charge >= 0.3 is 0 Å². The SMILES string of the molecule is COc1cccc(Cn2nc(C(=O)N3CCOCC3)c3c2-c2ccccc2SC3)c1. The van der Waals surface area contributed by atoms with E-state index >= 15 is 0 Å². The van der Waals surface area contributed by atoms with Gasteiger partial charge in [0.1, 0.15) is 5.75 Å². The van der Waals surface area contributed by atoms with Crippen LogP contribution in [-0.2, 0) is 17.0 Å². The van der Waals surface area contributed by atoms with Gasteiger partial charge in [0, 0.05) is 34.9 Å². The van der Waals surface area contributed by atoms with Crippen molar-refractivity contribution in [2.24, 2.45) is 0 Å². The average Bonchev–Trinajstić information content (AvgIpc) is 3.18. The first-order valence-electron chi connectivity index (χ1n) is 10.1. The quantitative estimate of drug-likeness (QED) is 0.643. The van der Waals surface area contributed by atoms with Crippen molar-refractivity contribution >= 4 is 17.7 Å². The molecule has 0 radical (unpaired) electrons. The molecule has 0 N–H and O–H groups in total. The predicted octanol–water partition coefficient (Wildman–Crippen LogP) is 3.69. The molecule has 3 heterocycles. The van der Waals surface area contributed by atoms with Crippen molar-refractivity contribution in [2.75, 3.05) is 33.4 Å². The van der Waals surface area contributed by atoms with Crippen LogP contribution in [0.5, 0.6) is 5.75 Å². The largest absolute Gasteiger partial charge is 0.497 e. The second-order valence-corrected chi connectivity index (χ2v) is 8.39. The number of rotatable bonds is 4. The molecule has 0 spiro atoms. The number of carbonyl (C=O) groups is 1. The van der Waals surface area contributed by atoms with E-state index in [1.807, 2.05) is 33.8 Å². The van der Waals surface area contributed by atoms with Crippen LogP contribution in [-0.4, -0.2) is 54.0 Å². The zero-order valence-electron chi connectivity index (χ0n) is 16.8. The Labute approximate surface area is 179 Å². The van der Waals surface area contributed by atoms with Crippen LogP contribution in [0.25, 0.3) is 11.3 Å². The molecule has 0 atom stereocenters. The number of amides is 1. The van der Waals surface area contributed by atoms with Crippen LogP contribution in [0.15, 0.2) is 53.4 Å². The normalized spacial score (nSPS) is 15.4. The molecule has 154 valence electrons. The minimum absolute atomic E-state index is 0.000997. The Morgan fingerprint density at radius 3 is 2.83 bits per heavy atom. The van der Waals surface area contributed by atoms with Gasteiger partial charge in [0.15, 0.2) is 5.69 Å². The molecule has 6 nitrogen and oxygen atoms in total. The van der Waals surface area contributed by atoms with Crippen LogP contribution in [0.3, 0.4) is 0 Å². The Hall–Kier alpha value is -2.77. The summed E-state index contributed by atoms with van der Waals surface area (Å²) in [6.45, 7) is 2.96. The summed E-state index contributed by atoms with van der Waals surface area (Å²) in [5.74, 6) is 1.56. The van der Waals surface area contributed by atoms with Gasteiger partial charge in [-0.15, -0.1) is 11.8 Å². The highest BCUT2D eigenvalue weighted by Crippen LogP contribution is 2.43. The van der Waals surface area contributed by atoms with Gasteiger partial charge in [-0.25, -0.2) is 0 Å². The minimum Gasteiger partial charge on any atom is -0.497 e. The van der Waals surface area contributed by atoms with Crippen molar-refractivity contribution in [3.63, 3.8) is 0 Å². The van der Waals surface area contributed by atoms with E-state index in [-0.39, 0.29) is 5.91 Å². The van der Waals surface area contributed by atoms with E-state index < -0.39 is 0 Å². The van der Waals surface area contributed by atoms with Crippen molar-refractivity contribution in [3.8, 4) is 17.0 Å². The molecule has 0 saturated carbocycles. The molecule has 0 aliphatic carbocycles. The van der Waals surface area contributed by atoms with Gasteiger partial charge in [-0.1, -0.05) is 30.3 Å². The average molecular weight is 422 g/mol. The number of aromatic nitrogens is 2. The van der Waals surface area contributed by atoms with E-state index in [9.17, 15) is 4.79 Å². The zero-order chi connectivity index (χ0) is 20.5. The zero-order valence-corrected chi connectivity index (χ0v) is 17.7. The van der Waals surface area contributed by atoms with E-state index in [4.69, 9.17) is 14.6 Å². The van der Waals surface area contributed by atoms with Crippen LogP contribution < -0.4 is 4.74 Å². The van der Waals surface area contributed by atoms with Crippen LogP contribution >= 0.6 is 11.8 Å². The lowest BCUT2D eigenvalue weighted by Crippen LogP contribution is -2.41. The number of hydrogen-bond acceptors (Lipinski definition) is 5. The molecule has 0 unspecified atom stereocenters. The highest BCUT2D eigenvalue weighted by molar-refractivity contribution is 7.98. The van der Waals surface area contributed by atoms with Gasteiger partial charge in [-0.2, -0.15) is 5.10 Å². The number of thioether (sulfide) groups is 1. The van der Waals surface area contributed by atoms with E-state index in [0.717, 1.165) is 33.9 Å². The summed E-state index contributed by atoms with van der Waals surface area (Å²) >= 11 is 1.77. The molecule has 2 aliphatic rings. The molecule has 1 saturated heterocycles. The standard InChI is InChI=1S/C23H23N3O3S/c1-28-17-6-4-5-16(13-17)14-26-22-18-7-2-3-8-20(18)30-15-19(22)21(24-26)23(27)25-9-11-29-12-10-25/h2-8,13H,9-12,14-15H2,1H3. The number of carbonyl (C=O) groups excluding carboxylic acids is 1. The number of morpholine rings is 1. The Bertz CT molecular complexity index is 1090. The molecule has 1 aromatic heterocycles. The number of nitrogens with zero attached hydrogens (tertiary/aromatic N) is 3. The molecule has 1 amide bonds. The minimum atomic E-state index is -0.000997. The molecule has 2 aliphatic heterocycles. The lowest BCUT2D eigenvalue weighted by Gasteiger charge is -2.26. The molecule has 0 bridgehead atoms. The van der Waals surface area contributed by atoms with Crippen LogP contribution in [0.2, 0.25) is 0 Å². The Morgan fingerprint density at radius 1 is 1.17 bits per heavy atom. The third-order valence-electron chi connectivity index (χ3n) is 5.53. The summed E-state index contributed by atoms with van der Waals surface area (Å²) in [5.41, 5.74) is 4.86. The topological polar surface area (TPSA) is 56.6 Å². The van der Waals surface area contributed by atoms with Crippen LogP contribution in [0.1, 0.15) is 21.6 Å². The summed E-state index contributed by atoms with van der Waals surface area (Å²) in [6.07, 6.45) is 0. The van der Waals surface area contributed by atoms with Crippen molar-refractivity contribution in [2.45, 2.75) is 17.2 Å². The maximum Gasteiger partial charge on any atom is 0.274 e. The number of fused-ring (bicyclic) bond motifs is 3. The fourth-order valence-corrected chi connectivity index (χ4v) is 5.09. The highest BCUT2D eigenvalue weighted by atomic mass is 32.2. The van der Waals surface area contributed by atoms with Crippen LogP contribution in [0.4, 0.5) is 0 Å². The predicted molar refractivity (Wildman–Crippen MR) is 116 cm³/mol. The molecule has 30 heavy (non-hydrogen) atoms. The fourth-order valence-electron chi connectivity index (χ4n) is 4.02. The molecule has 5 rings (SSSR count). The number of hydrogen-bond donors (Lipinski definition) is 0. The van der Waals surface area contributed by atoms with Crippen LogP contribution in [0, 0.1) is 0 Å². The van der Waals surface area contributed by atoms with E-state index in [0.29, 0.717) is 38.5 Å². The second kappa shape index (κ2) is 8.16. The van der Waals surface area contributed by atoms with Gasteiger partial charge in [0.2, 0.25) is 0 Å². The molecular weight excluding hydrogens is 398 g/mol. The van der Waals surface area contributed by atoms with Crippen molar-refractivity contribution in [1.82, 2.24) is 14.7 Å². The third-order valence-corrected chi connectivity index (χ3v) is 6.63. The summed E-state index contributed by atoms with van der Waals surface area (Å²) in [7, 11) is 1.67. The Morgan fingerprint density at radius 2 is 2.00 bits per heavy atom. The van der Waals surface area contributed by atoms with Crippen molar-refractivity contribution in [1.29, 1.82) is 0 Å². The van der Waals surface area contributed by atoms with E-state index in [1.54, 1.807) is 18.9 Å². The van der Waals surface area contributed by atoms with Gasteiger partial charge in [-0.05, 0) is 23.8 Å². The van der Waals surface area contributed by atoms with Gasteiger partial charge in [0.05, 0.1) is 32.6 Å². The molecule has 7 heteroatoms. The second-order valence-electron chi connectivity index (χ2n) is 7.37. The summed E-state index contributed by atoms with van der Waals surface area (Å²) < 4.78 is 12.8. The Balaban J connectivity index is 1.59. The third kappa shape index (κ3) is 3.48. The van der Waals surface area contributed by atoms with E-state index in [1.165, 1.54) is 4.90 Å². The number of methoxy groups -OCH3 is 1. The van der Waals surface area contributed by atoms with E-state index in [2.05, 4.69) is 24.3 Å². The first-order chi connectivity index (χ1) is 14.7. The fraction of sp³-hybridized carbons (Fsp3) is 0.304. The van der Waals surface area contributed by atoms with Crippen molar-refractivity contribution in [3.05, 3.63) is 65.4 Å². The smallest absolute Gasteiger partial charge is 0.274 e. The maximum atomic E-state index is 13.3. The number of ether oxygens (including phenoxy) is 2. The Kier molecular flexibility index (Phi) is 5.23.